The third-order valence-electron chi connectivity index (χ3n) is 3.14. The molecular formula is C14H22F2N2O2S. The number of benzene rings is 1. The van der Waals surface area contributed by atoms with Gasteiger partial charge >= 0.3 is 0 Å². The van der Waals surface area contributed by atoms with E-state index in [0.29, 0.717) is 13.0 Å². The molecule has 0 heterocycles. The van der Waals surface area contributed by atoms with Crippen molar-refractivity contribution in [1.29, 1.82) is 0 Å². The van der Waals surface area contributed by atoms with E-state index in [0.717, 1.165) is 18.6 Å². The van der Waals surface area contributed by atoms with Crippen LogP contribution in [0.5, 0.6) is 0 Å². The molecule has 1 unspecified atom stereocenters. The molecule has 1 aromatic rings. The zero-order valence-corrected chi connectivity index (χ0v) is 13.4. The molecule has 0 aliphatic carbocycles. The zero-order chi connectivity index (χ0) is 16.0. The Balaban J connectivity index is 3.11. The fourth-order valence-corrected chi connectivity index (χ4v) is 3.18. The fraction of sp³-hybridized carbons (Fsp3) is 0.571. The minimum atomic E-state index is -3.99. The van der Waals surface area contributed by atoms with E-state index >= 15 is 0 Å². The van der Waals surface area contributed by atoms with Crippen molar-refractivity contribution < 1.29 is 17.2 Å². The smallest absolute Gasteiger partial charge is 0.243 e. The number of hydrogen-bond acceptors (Lipinski definition) is 3. The predicted molar refractivity (Wildman–Crippen MR) is 78.4 cm³/mol. The molecule has 0 amide bonds. The Labute approximate surface area is 125 Å². The van der Waals surface area contributed by atoms with Crippen molar-refractivity contribution in [2.45, 2.75) is 51.1 Å². The molecule has 120 valence electrons. The largest absolute Gasteiger partial charge is 0.312 e. The quantitative estimate of drug-likeness (QED) is 0.724. The molecule has 0 aliphatic heterocycles. The second-order valence-electron chi connectivity index (χ2n) is 4.95. The molecule has 0 radical (unpaired) electrons. The minimum Gasteiger partial charge on any atom is -0.312 e. The van der Waals surface area contributed by atoms with Crippen LogP contribution in [0.1, 0.15) is 39.2 Å². The van der Waals surface area contributed by atoms with Crippen molar-refractivity contribution >= 4 is 10.0 Å². The molecular weight excluding hydrogens is 298 g/mol. The third-order valence-corrected chi connectivity index (χ3v) is 4.74. The zero-order valence-electron chi connectivity index (χ0n) is 12.5. The lowest BCUT2D eigenvalue weighted by Gasteiger charge is -2.14. The first kappa shape index (κ1) is 18.0. The van der Waals surface area contributed by atoms with Crippen molar-refractivity contribution in [3.8, 4) is 0 Å². The van der Waals surface area contributed by atoms with Crippen LogP contribution in [0.4, 0.5) is 8.78 Å². The van der Waals surface area contributed by atoms with Gasteiger partial charge in [-0.3, -0.25) is 0 Å². The van der Waals surface area contributed by atoms with Gasteiger partial charge in [-0.2, -0.15) is 0 Å². The Hall–Kier alpha value is -1.05. The van der Waals surface area contributed by atoms with Gasteiger partial charge in [0, 0.05) is 18.2 Å². The molecule has 1 aromatic carbocycles. The Kier molecular flexibility index (Phi) is 6.70. The number of hydrogen-bond donors (Lipinski definition) is 2. The summed E-state index contributed by atoms with van der Waals surface area (Å²) in [5.41, 5.74) is -0.254. The molecule has 4 nitrogen and oxygen atoms in total. The van der Waals surface area contributed by atoms with Gasteiger partial charge in [0.2, 0.25) is 10.0 Å². The highest BCUT2D eigenvalue weighted by Gasteiger charge is 2.24. The molecule has 0 aliphatic rings. The van der Waals surface area contributed by atoms with Gasteiger partial charge < -0.3 is 5.32 Å². The third kappa shape index (κ3) is 4.72. The van der Waals surface area contributed by atoms with Crippen molar-refractivity contribution in [3.63, 3.8) is 0 Å². The monoisotopic (exact) mass is 320 g/mol. The summed E-state index contributed by atoms with van der Waals surface area (Å²) >= 11 is 0. The standard InChI is InChI=1S/C14H22F2N2O2S/c1-4-8-17-9-11-12(15)6-7-13(14(11)16)21(19,20)18-10(3)5-2/h6-7,10,17-18H,4-5,8-9H2,1-3H3. The van der Waals surface area contributed by atoms with Gasteiger partial charge in [0.05, 0.1) is 0 Å². The molecule has 21 heavy (non-hydrogen) atoms. The average Bonchev–Trinajstić information content (AvgIpc) is 2.41. The molecule has 0 bridgehead atoms. The van der Waals surface area contributed by atoms with Crippen LogP contribution in [0, 0.1) is 11.6 Å². The summed E-state index contributed by atoms with van der Waals surface area (Å²) in [6.07, 6.45) is 1.39. The molecule has 0 saturated heterocycles. The number of rotatable bonds is 8. The van der Waals surface area contributed by atoms with Gasteiger partial charge in [0.15, 0.2) is 5.82 Å². The van der Waals surface area contributed by atoms with E-state index in [-0.39, 0.29) is 18.2 Å². The summed E-state index contributed by atoms with van der Waals surface area (Å²) in [7, 11) is -3.99. The van der Waals surface area contributed by atoms with Crippen LogP contribution < -0.4 is 10.0 Å². The molecule has 2 N–H and O–H groups in total. The Morgan fingerprint density at radius 3 is 2.48 bits per heavy atom. The van der Waals surface area contributed by atoms with Crippen LogP contribution in [0.3, 0.4) is 0 Å². The Morgan fingerprint density at radius 2 is 1.90 bits per heavy atom. The van der Waals surface area contributed by atoms with Crippen molar-refractivity contribution in [1.82, 2.24) is 10.0 Å². The first-order chi connectivity index (χ1) is 9.83. The maximum Gasteiger partial charge on any atom is 0.243 e. The highest BCUT2D eigenvalue weighted by Crippen LogP contribution is 2.21. The lowest BCUT2D eigenvalue weighted by Crippen LogP contribution is -2.33. The van der Waals surface area contributed by atoms with E-state index in [4.69, 9.17) is 0 Å². The van der Waals surface area contributed by atoms with E-state index in [9.17, 15) is 17.2 Å². The molecule has 0 spiro atoms. The highest BCUT2D eigenvalue weighted by molar-refractivity contribution is 7.89. The van der Waals surface area contributed by atoms with Crippen molar-refractivity contribution in [2.24, 2.45) is 0 Å². The van der Waals surface area contributed by atoms with Gasteiger partial charge in [-0.25, -0.2) is 21.9 Å². The second-order valence-corrected chi connectivity index (χ2v) is 6.63. The molecule has 0 saturated carbocycles. The van der Waals surface area contributed by atoms with E-state index in [1.165, 1.54) is 0 Å². The summed E-state index contributed by atoms with van der Waals surface area (Å²) < 4.78 is 54.6. The van der Waals surface area contributed by atoms with E-state index in [1.807, 2.05) is 13.8 Å². The molecule has 0 fully saturated rings. The van der Waals surface area contributed by atoms with Crippen LogP contribution in [0.25, 0.3) is 0 Å². The summed E-state index contributed by atoms with van der Waals surface area (Å²) in [5.74, 6) is -1.78. The topological polar surface area (TPSA) is 58.2 Å². The van der Waals surface area contributed by atoms with Crippen LogP contribution in [-0.4, -0.2) is 21.0 Å². The summed E-state index contributed by atoms with van der Waals surface area (Å²) in [4.78, 5) is -0.516. The number of sulfonamides is 1. The van der Waals surface area contributed by atoms with Crippen molar-refractivity contribution in [3.05, 3.63) is 29.3 Å². The second kappa shape index (κ2) is 7.82. The molecule has 0 aromatic heterocycles. The average molecular weight is 320 g/mol. The Bertz CT molecular complexity index is 577. The molecule has 7 heteroatoms. The fourth-order valence-electron chi connectivity index (χ4n) is 1.75. The Morgan fingerprint density at radius 1 is 1.24 bits per heavy atom. The normalized spacial score (nSPS) is 13.4. The lowest BCUT2D eigenvalue weighted by atomic mass is 10.2. The van der Waals surface area contributed by atoms with E-state index in [1.54, 1.807) is 6.92 Å². The predicted octanol–water partition coefficient (Wildman–Crippen LogP) is 2.54. The maximum absolute atomic E-state index is 14.3. The van der Waals surface area contributed by atoms with Crippen LogP contribution in [0.2, 0.25) is 0 Å². The van der Waals surface area contributed by atoms with Crippen LogP contribution in [0.15, 0.2) is 17.0 Å². The number of nitrogens with one attached hydrogen (secondary N) is 2. The molecule has 1 atom stereocenters. The van der Waals surface area contributed by atoms with Gasteiger partial charge in [-0.15, -0.1) is 0 Å². The van der Waals surface area contributed by atoms with Crippen LogP contribution in [-0.2, 0) is 16.6 Å². The number of halogens is 2. The maximum atomic E-state index is 14.3. The van der Waals surface area contributed by atoms with Gasteiger partial charge in [0.1, 0.15) is 10.7 Å². The van der Waals surface area contributed by atoms with E-state index in [2.05, 4.69) is 10.0 Å². The summed E-state index contributed by atoms with van der Waals surface area (Å²) in [5, 5.41) is 2.87. The first-order valence-corrected chi connectivity index (χ1v) is 8.51. The minimum absolute atomic E-state index is 0.0435. The highest BCUT2D eigenvalue weighted by atomic mass is 32.2. The first-order valence-electron chi connectivity index (χ1n) is 7.03. The summed E-state index contributed by atoms with van der Waals surface area (Å²) in [6.45, 7) is 5.98. The van der Waals surface area contributed by atoms with Gasteiger partial charge in [0.25, 0.3) is 0 Å². The lowest BCUT2D eigenvalue weighted by molar-refractivity contribution is 0.507. The van der Waals surface area contributed by atoms with Gasteiger partial charge in [-0.05, 0) is 38.4 Å². The van der Waals surface area contributed by atoms with Crippen molar-refractivity contribution in [2.75, 3.05) is 6.54 Å². The van der Waals surface area contributed by atoms with E-state index < -0.39 is 26.6 Å². The SMILES string of the molecule is CCCNCc1c(F)ccc(S(=O)(=O)NC(C)CC)c1F. The van der Waals surface area contributed by atoms with Crippen LogP contribution >= 0.6 is 0 Å². The summed E-state index contributed by atoms with van der Waals surface area (Å²) in [6, 6.07) is 1.62. The van der Waals surface area contributed by atoms with Gasteiger partial charge in [-0.1, -0.05) is 13.8 Å². The molecule has 1 rings (SSSR count).